The molecule has 2 N–H and O–H groups in total. The van der Waals surface area contributed by atoms with Crippen molar-refractivity contribution in [2.24, 2.45) is 29.6 Å². The van der Waals surface area contributed by atoms with Gasteiger partial charge in [-0.25, -0.2) is 16.8 Å². The molecule has 7 nitrogen and oxygen atoms in total. The van der Waals surface area contributed by atoms with E-state index in [0.717, 1.165) is 43.8 Å². The Bertz CT molecular complexity index is 1950. The van der Waals surface area contributed by atoms with Crippen LogP contribution in [0.2, 0.25) is 0 Å². The maximum atomic E-state index is 11.5. The van der Waals surface area contributed by atoms with E-state index in [1.54, 1.807) is 0 Å². The van der Waals surface area contributed by atoms with Crippen LogP contribution in [0.5, 0.6) is 0 Å². The van der Waals surface area contributed by atoms with Crippen molar-refractivity contribution in [2.45, 2.75) is 69.6 Å². The average molecular weight is 768 g/mol. The number of likely N-dealkylation sites (tertiary alicyclic amines) is 1. The van der Waals surface area contributed by atoms with Crippen LogP contribution in [0.15, 0.2) is 109 Å². The second-order valence-electron chi connectivity index (χ2n) is 17.0. The van der Waals surface area contributed by atoms with Crippen LogP contribution in [0.4, 0.5) is 11.4 Å². The van der Waals surface area contributed by atoms with Gasteiger partial charge in [0.25, 0.3) is 0 Å². The molecule has 4 unspecified atom stereocenters. The van der Waals surface area contributed by atoms with Crippen LogP contribution in [-0.2, 0) is 43.7 Å². The molecule has 4 aromatic rings. The number of aryl methyl sites for hydroxylation is 2. The normalized spacial score (nSPS) is 28.3. The first-order chi connectivity index (χ1) is 25.7. The molecule has 0 aromatic heterocycles. The first-order valence-electron chi connectivity index (χ1n) is 19.7. The Kier molecular flexibility index (Phi) is 11.1. The van der Waals surface area contributed by atoms with E-state index in [4.69, 9.17) is 0 Å². The molecule has 4 aliphatic rings. The zero-order chi connectivity index (χ0) is 38.1. The minimum Gasteiger partial charge on any atom is -0.303 e. The maximum Gasteiger partial charge on any atom is 0.229 e. The first kappa shape index (κ1) is 38.6. The molecule has 3 aliphatic carbocycles. The zero-order valence-electron chi connectivity index (χ0n) is 32.2. The predicted molar refractivity (Wildman–Crippen MR) is 222 cm³/mol. The number of hydrogen-bond acceptors (Lipinski definition) is 5. The molecule has 4 fully saturated rings. The van der Waals surface area contributed by atoms with Crippen LogP contribution < -0.4 is 9.44 Å². The van der Waals surface area contributed by atoms with Crippen LogP contribution in [-0.4, -0.2) is 53.9 Å². The van der Waals surface area contributed by atoms with Gasteiger partial charge in [0.1, 0.15) is 0 Å². The third-order valence-corrected chi connectivity index (χ3v) is 14.4. The van der Waals surface area contributed by atoms with Crippen molar-refractivity contribution in [3.05, 3.63) is 131 Å². The highest BCUT2D eigenvalue weighted by atomic mass is 32.2. The van der Waals surface area contributed by atoms with E-state index in [9.17, 15) is 16.8 Å². The number of nitrogens with one attached hydrogen (secondary N) is 2. The Morgan fingerprint density at radius 3 is 1.50 bits per heavy atom. The largest absolute Gasteiger partial charge is 0.303 e. The minimum absolute atomic E-state index is 0.186. The molecule has 0 bridgehead atoms. The Hall–Kier alpha value is -3.66. The minimum atomic E-state index is -3.24. The quantitative estimate of drug-likeness (QED) is 0.134. The molecule has 288 valence electrons. The first-order valence-corrected chi connectivity index (χ1v) is 23.5. The lowest BCUT2D eigenvalue weighted by atomic mass is 9.84. The number of hydrogen-bond donors (Lipinski definition) is 2. The molecule has 1 saturated heterocycles. The number of piperidine rings is 1. The lowest BCUT2D eigenvalue weighted by molar-refractivity contribution is 0.274. The molecule has 1 aliphatic heterocycles. The summed E-state index contributed by atoms with van der Waals surface area (Å²) in [6, 6.07) is 37.4. The van der Waals surface area contributed by atoms with Crippen LogP contribution in [0.3, 0.4) is 0 Å². The fourth-order valence-electron chi connectivity index (χ4n) is 10.2. The molecule has 0 spiro atoms. The Labute approximate surface area is 324 Å². The summed E-state index contributed by atoms with van der Waals surface area (Å²) in [6.45, 7) is 8.16. The Balaban J connectivity index is 0.000000167. The number of sulfonamides is 2. The molecule has 0 amide bonds. The summed E-state index contributed by atoms with van der Waals surface area (Å²) in [5.74, 6) is 3.74. The lowest BCUT2D eigenvalue weighted by Gasteiger charge is -2.24. The fraction of sp³-hybridized carbons (Fsp3) is 0.467. The Morgan fingerprint density at radius 1 is 0.593 bits per heavy atom. The molecule has 8 rings (SSSR count). The van der Waals surface area contributed by atoms with Crippen molar-refractivity contribution in [1.29, 1.82) is 0 Å². The number of rotatable bonds is 14. The summed E-state index contributed by atoms with van der Waals surface area (Å²) in [7, 11) is -6.47. The van der Waals surface area contributed by atoms with Gasteiger partial charge in [0.15, 0.2) is 0 Å². The summed E-state index contributed by atoms with van der Waals surface area (Å²) in [5.41, 5.74) is 7.17. The molecule has 0 radical (unpaired) electrons. The van der Waals surface area contributed by atoms with E-state index in [-0.39, 0.29) is 10.8 Å². The van der Waals surface area contributed by atoms with Gasteiger partial charge in [0.2, 0.25) is 20.0 Å². The summed E-state index contributed by atoms with van der Waals surface area (Å²) >= 11 is 0. The van der Waals surface area contributed by atoms with Gasteiger partial charge in [0.05, 0.1) is 12.5 Å². The highest BCUT2D eigenvalue weighted by molar-refractivity contribution is 7.92. The molecule has 9 heteroatoms. The molecular weight excluding hydrogens is 711 g/mol. The molecular formula is C45H57N3O4S2. The molecule has 1 heterocycles. The second-order valence-corrected chi connectivity index (χ2v) is 20.5. The molecule has 3 saturated carbocycles. The maximum absolute atomic E-state index is 11.5. The predicted octanol–water partition coefficient (Wildman–Crippen LogP) is 8.50. The van der Waals surface area contributed by atoms with Gasteiger partial charge in [-0.15, -0.1) is 0 Å². The van der Waals surface area contributed by atoms with Gasteiger partial charge in [0, 0.05) is 29.9 Å². The third-order valence-electron chi connectivity index (χ3n) is 13.2. The average Bonchev–Trinajstić information content (AvgIpc) is 3.61. The van der Waals surface area contributed by atoms with Gasteiger partial charge >= 0.3 is 0 Å². The van der Waals surface area contributed by atoms with Crippen molar-refractivity contribution in [1.82, 2.24) is 4.90 Å². The van der Waals surface area contributed by atoms with E-state index in [1.165, 1.54) is 73.3 Å². The number of nitrogens with zero attached hydrogens (tertiary/aromatic N) is 1. The summed E-state index contributed by atoms with van der Waals surface area (Å²) in [4.78, 5) is 2.60. The van der Waals surface area contributed by atoms with Gasteiger partial charge in [-0.3, -0.25) is 9.44 Å². The Morgan fingerprint density at radius 2 is 1.04 bits per heavy atom. The van der Waals surface area contributed by atoms with Gasteiger partial charge in [-0.2, -0.15) is 0 Å². The van der Waals surface area contributed by atoms with Crippen molar-refractivity contribution in [3.8, 4) is 0 Å². The SMILES string of the molecule is CC1(c2cccc(NS(C)(=O)=O)c2)C2CC(CCCc3ccccc3)CC21.CC1(c2cccc(NS(C)(=O)=O)c2)C2CN(CCCc3ccccc3)CC21. The fourth-order valence-corrected chi connectivity index (χ4v) is 11.3. The number of fused-ring (bicyclic) bond motifs is 2. The van der Waals surface area contributed by atoms with Gasteiger partial charge in [-0.1, -0.05) is 105 Å². The van der Waals surface area contributed by atoms with Crippen molar-refractivity contribution in [2.75, 3.05) is 41.6 Å². The third kappa shape index (κ3) is 8.90. The zero-order valence-corrected chi connectivity index (χ0v) is 33.9. The highest BCUT2D eigenvalue weighted by Crippen LogP contribution is 2.69. The van der Waals surface area contributed by atoms with E-state index >= 15 is 0 Å². The standard InChI is InChI=1S/C23H29NO2S.C22H28N2O2S/c1-23(19-12-7-13-20(16-19)24-27(2,25)26)21-14-18(15-22(21)23)11-6-10-17-8-4-3-5-9-17;1-22(18-11-6-12-19(14-18)23-27(2,25)26)20-15-24(16-21(20)22)13-7-10-17-8-4-3-5-9-17/h3-5,7-9,12-13,16,18,21-22,24H,6,10-11,14-15H2,1-2H3;3-6,8-9,11-12,14,20-21,23H,7,10,13,15-16H2,1-2H3. The van der Waals surface area contributed by atoms with Crippen molar-refractivity contribution in [3.63, 3.8) is 0 Å². The summed E-state index contributed by atoms with van der Waals surface area (Å²) in [6.07, 6.45) is 11.2. The van der Waals surface area contributed by atoms with E-state index in [1.807, 2.05) is 36.4 Å². The number of benzene rings is 4. The molecule has 54 heavy (non-hydrogen) atoms. The van der Waals surface area contributed by atoms with Gasteiger partial charge < -0.3 is 4.90 Å². The van der Waals surface area contributed by atoms with Crippen LogP contribution >= 0.6 is 0 Å². The van der Waals surface area contributed by atoms with E-state index in [0.29, 0.717) is 23.2 Å². The molecule has 4 aromatic carbocycles. The van der Waals surface area contributed by atoms with E-state index < -0.39 is 20.0 Å². The van der Waals surface area contributed by atoms with Crippen LogP contribution in [0.25, 0.3) is 0 Å². The van der Waals surface area contributed by atoms with Crippen molar-refractivity contribution >= 4 is 31.4 Å². The van der Waals surface area contributed by atoms with E-state index in [2.05, 4.69) is 101 Å². The smallest absolute Gasteiger partial charge is 0.229 e. The second kappa shape index (κ2) is 15.5. The monoisotopic (exact) mass is 767 g/mol. The van der Waals surface area contributed by atoms with Crippen LogP contribution in [0, 0.1) is 29.6 Å². The van der Waals surface area contributed by atoms with Crippen LogP contribution in [0.1, 0.15) is 68.2 Å². The summed E-state index contributed by atoms with van der Waals surface area (Å²) in [5, 5.41) is 0. The molecule has 4 atom stereocenters. The summed E-state index contributed by atoms with van der Waals surface area (Å²) < 4.78 is 51.2. The van der Waals surface area contributed by atoms with Gasteiger partial charge in [-0.05, 0) is 127 Å². The lowest BCUT2D eigenvalue weighted by Crippen LogP contribution is -2.30. The number of anilines is 2. The highest BCUT2D eigenvalue weighted by Gasteiger charge is 2.66. The van der Waals surface area contributed by atoms with Crippen molar-refractivity contribution < 1.29 is 16.8 Å². The topological polar surface area (TPSA) is 95.6 Å².